The van der Waals surface area contributed by atoms with Crippen LogP contribution in [0.1, 0.15) is 61.0 Å². The van der Waals surface area contributed by atoms with Gasteiger partial charge in [-0.2, -0.15) is 0 Å². The first-order valence-electron chi connectivity index (χ1n) is 7.57. The number of aryl methyl sites for hydroxylation is 1. The number of likely N-dealkylation sites (N-methyl/N-ethyl adjacent to an activating group) is 1. The van der Waals surface area contributed by atoms with Gasteiger partial charge in [-0.15, -0.1) is 11.3 Å². The van der Waals surface area contributed by atoms with Crippen LogP contribution >= 0.6 is 11.3 Å². The minimum atomic E-state index is -0.106. The summed E-state index contributed by atoms with van der Waals surface area (Å²) in [6.07, 6.45) is 6.09. The zero-order chi connectivity index (χ0) is 13.3. The van der Waals surface area contributed by atoms with Gasteiger partial charge in [0.05, 0.1) is 5.69 Å². The highest BCUT2D eigenvalue weighted by Gasteiger charge is 2.37. The normalized spacial score (nSPS) is 30.5. The first-order chi connectivity index (χ1) is 9.23. The molecule has 2 aliphatic rings. The molecule has 1 aromatic heterocycles. The van der Waals surface area contributed by atoms with Gasteiger partial charge in [-0.25, -0.2) is 4.98 Å². The summed E-state index contributed by atoms with van der Waals surface area (Å²) in [7, 11) is 0. The van der Waals surface area contributed by atoms with Gasteiger partial charge < -0.3 is 10.1 Å². The Balaban J connectivity index is 1.84. The molecule has 0 saturated carbocycles. The molecule has 0 radical (unpaired) electrons. The van der Waals surface area contributed by atoms with Crippen molar-refractivity contribution in [3.8, 4) is 0 Å². The molecule has 19 heavy (non-hydrogen) atoms. The van der Waals surface area contributed by atoms with E-state index < -0.39 is 0 Å². The van der Waals surface area contributed by atoms with Crippen LogP contribution in [-0.2, 0) is 16.8 Å². The van der Waals surface area contributed by atoms with E-state index in [1.165, 1.54) is 41.3 Å². The molecule has 0 amide bonds. The van der Waals surface area contributed by atoms with Crippen molar-refractivity contribution in [2.45, 2.75) is 57.5 Å². The van der Waals surface area contributed by atoms with E-state index in [2.05, 4.69) is 19.2 Å². The second-order valence-corrected chi connectivity index (χ2v) is 6.99. The van der Waals surface area contributed by atoms with E-state index in [0.717, 1.165) is 26.1 Å². The van der Waals surface area contributed by atoms with Gasteiger partial charge in [0.25, 0.3) is 0 Å². The molecule has 2 unspecified atom stereocenters. The van der Waals surface area contributed by atoms with E-state index in [1.54, 1.807) is 0 Å². The monoisotopic (exact) mass is 280 g/mol. The molecular formula is C15H24N2OS. The second-order valence-electron chi connectivity index (χ2n) is 5.91. The lowest BCUT2D eigenvalue weighted by Gasteiger charge is -2.21. The summed E-state index contributed by atoms with van der Waals surface area (Å²) >= 11 is 1.90. The predicted octanol–water partition coefficient (Wildman–Crippen LogP) is 3.20. The maximum Gasteiger partial charge on any atom is 0.125 e. The Morgan fingerprint density at radius 3 is 3.11 bits per heavy atom. The third kappa shape index (κ3) is 2.58. The number of fused-ring (bicyclic) bond motifs is 1. The lowest BCUT2D eigenvalue weighted by molar-refractivity contribution is 0.0165. The van der Waals surface area contributed by atoms with Crippen molar-refractivity contribution in [1.29, 1.82) is 0 Å². The van der Waals surface area contributed by atoms with Gasteiger partial charge in [-0.05, 0) is 45.6 Å². The van der Waals surface area contributed by atoms with E-state index in [-0.39, 0.29) is 5.60 Å². The van der Waals surface area contributed by atoms with Gasteiger partial charge in [-0.3, -0.25) is 0 Å². The average Bonchev–Trinajstić information content (AvgIpc) is 3.03. The van der Waals surface area contributed by atoms with E-state index in [1.807, 2.05) is 11.3 Å². The maximum absolute atomic E-state index is 5.95. The smallest absolute Gasteiger partial charge is 0.125 e. The molecule has 1 aliphatic carbocycles. The van der Waals surface area contributed by atoms with Crippen LogP contribution in [0.4, 0.5) is 0 Å². The molecule has 1 aromatic rings. The van der Waals surface area contributed by atoms with E-state index in [4.69, 9.17) is 9.72 Å². The maximum atomic E-state index is 5.95. The number of rotatable bonds is 4. The molecule has 1 aliphatic heterocycles. The largest absolute Gasteiger partial charge is 0.368 e. The quantitative estimate of drug-likeness (QED) is 0.919. The Bertz CT molecular complexity index is 437. The van der Waals surface area contributed by atoms with Gasteiger partial charge in [0.2, 0.25) is 0 Å². The molecule has 1 saturated heterocycles. The highest BCUT2D eigenvalue weighted by atomic mass is 32.1. The molecule has 1 N–H and O–H groups in total. The molecule has 2 atom stereocenters. The summed E-state index contributed by atoms with van der Waals surface area (Å²) in [6, 6.07) is 0. The molecular weight excluding hydrogens is 256 g/mol. The minimum absolute atomic E-state index is 0.106. The van der Waals surface area contributed by atoms with Crippen LogP contribution in [-0.4, -0.2) is 24.7 Å². The Hall–Kier alpha value is -0.450. The summed E-state index contributed by atoms with van der Waals surface area (Å²) in [5.41, 5.74) is 1.26. The fraction of sp³-hybridized carbons (Fsp3) is 0.800. The minimum Gasteiger partial charge on any atom is -0.368 e. The first-order valence-corrected chi connectivity index (χ1v) is 8.39. The molecule has 0 aromatic carbocycles. The first kappa shape index (κ1) is 13.5. The van der Waals surface area contributed by atoms with Crippen molar-refractivity contribution in [2.24, 2.45) is 0 Å². The zero-order valence-corrected chi connectivity index (χ0v) is 12.8. The van der Waals surface area contributed by atoms with Crippen molar-refractivity contribution in [2.75, 3.05) is 19.7 Å². The van der Waals surface area contributed by atoms with Crippen molar-refractivity contribution < 1.29 is 4.74 Å². The standard InChI is InChI=1S/C15H24N2OS/c1-3-16-10-11-6-4-7-12-13(11)17-14(19-12)15(2)8-5-9-18-15/h11,16H,3-10H2,1-2H3. The van der Waals surface area contributed by atoms with Crippen molar-refractivity contribution in [3.63, 3.8) is 0 Å². The summed E-state index contributed by atoms with van der Waals surface area (Å²) in [5, 5.41) is 4.70. The van der Waals surface area contributed by atoms with Gasteiger partial charge in [0.15, 0.2) is 0 Å². The third-order valence-electron chi connectivity index (χ3n) is 4.38. The van der Waals surface area contributed by atoms with Gasteiger partial charge >= 0.3 is 0 Å². The fourth-order valence-corrected chi connectivity index (χ4v) is 4.52. The zero-order valence-electron chi connectivity index (χ0n) is 12.0. The molecule has 2 heterocycles. The molecule has 106 valence electrons. The summed E-state index contributed by atoms with van der Waals surface area (Å²) in [5.74, 6) is 0.610. The summed E-state index contributed by atoms with van der Waals surface area (Å²) in [4.78, 5) is 6.51. The second kappa shape index (κ2) is 5.51. The fourth-order valence-electron chi connectivity index (χ4n) is 3.20. The number of nitrogens with one attached hydrogen (secondary N) is 1. The number of ether oxygens (including phenoxy) is 1. The van der Waals surface area contributed by atoms with Crippen LogP contribution in [0.15, 0.2) is 0 Å². The number of thiazole rings is 1. The molecule has 3 rings (SSSR count). The topological polar surface area (TPSA) is 34.1 Å². The Morgan fingerprint density at radius 2 is 2.37 bits per heavy atom. The third-order valence-corrected chi connectivity index (χ3v) is 5.76. The number of hydrogen-bond donors (Lipinski definition) is 1. The van der Waals surface area contributed by atoms with Crippen LogP contribution < -0.4 is 5.32 Å². The van der Waals surface area contributed by atoms with Crippen molar-refractivity contribution >= 4 is 11.3 Å². The average molecular weight is 280 g/mol. The lowest BCUT2D eigenvalue weighted by atomic mass is 9.91. The van der Waals surface area contributed by atoms with Crippen LogP contribution in [0, 0.1) is 0 Å². The SMILES string of the molecule is CCNCC1CCCc2sc(C3(C)CCCO3)nc21. The predicted molar refractivity (Wildman–Crippen MR) is 78.9 cm³/mol. The van der Waals surface area contributed by atoms with E-state index in [9.17, 15) is 0 Å². The molecule has 3 nitrogen and oxygen atoms in total. The lowest BCUT2D eigenvalue weighted by Crippen LogP contribution is -2.24. The highest BCUT2D eigenvalue weighted by Crippen LogP contribution is 2.42. The van der Waals surface area contributed by atoms with E-state index in [0.29, 0.717) is 5.92 Å². The summed E-state index contributed by atoms with van der Waals surface area (Å²) in [6.45, 7) is 7.39. The van der Waals surface area contributed by atoms with Gasteiger partial charge in [0.1, 0.15) is 10.6 Å². The number of aromatic nitrogens is 1. The van der Waals surface area contributed by atoms with Gasteiger partial charge in [0, 0.05) is 23.9 Å². The molecule has 0 bridgehead atoms. The number of hydrogen-bond acceptors (Lipinski definition) is 4. The van der Waals surface area contributed by atoms with Crippen LogP contribution in [0.3, 0.4) is 0 Å². The number of nitrogens with zero attached hydrogens (tertiary/aromatic N) is 1. The Kier molecular flexibility index (Phi) is 3.92. The van der Waals surface area contributed by atoms with Crippen LogP contribution in [0.5, 0.6) is 0 Å². The van der Waals surface area contributed by atoms with Gasteiger partial charge in [-0.1, -0.05) is 6.92 Å². The van der Waals surface area contributed by atoms with Crippen LogP contribution in [0.2, 0.25) is 0 Å². The molecule has 1 fully saturated rings. The summed E-state index contributed by atoms with van der Waals surface area (Å²) < 4.78 is 5.95. The van der Waals surface area contributed by atoms with Crippen molar-refractivity contribution in [1.82, 2.24) is 10.3 Å². The van der Waals surface area contributed by atoms with Crippen LogP contribution in [0.25, 0.3) is 0 Å². The van der Waals surface area contributed by atoms with E-state index >= 15 is 0 Å². The Morgan fingerprint density at radius 1 is 1.47 bits per heavy atom. The molecule has 0 spiro atoms. The van der Waals surface area contributed by atoms with Crippen molar-refractivity contribution in [3.05, 3.63) is 15.6 Å². The highest BCUT2D eigenvalue weighted by molar-refractivity contribution is 7.11. The molecule has 4 heteroatoms. The Labute approximate surface area is 119 Å².